The van der Waals surface area contributed by atoms with Crippen LogP contribution in [0.2, 0.25) is 0 Å². The van der Waals surface area contributed by atoms with E-state index in [1.807, 2.05) is 24.5 Å². The van der Waals surface area contributed by atoms with E-state index in [2.05, 4.69) is 26.1 Å². The standard InChI is InChI=1S/C12H14BrN5O2S/c1-7(2)17-11(14)15-16-12(17)21-6-8-4-3-5-9(10(8)13)18(19)20/h3-5,7H,6H2,1-2H3,(H2,14,15). The number of rotatable bonds is 5. The number of nitro groups is 1. The molecule has 0 aliphatic carbocycles. The first-order valence-electron chi connectivity index (χ1n) is 6.16. The minimum Gasteiger partial charge on any atom is -0.368 e. The van der Waals surface area contributed by atoms with Crippen LogP contribution in [0.4, 0.5) is 11.6 Å². The van der Waals surface area contributed by atoms with Gasteiger partial charge in [0.2, 0.25) is 5.95 Å². The zero-order valence-corrected chi connectivity index (χ0v) is 13.9. The van der Waals surface area contributed by atoms with Gasteiger partial charge in [-0.05, 0) is 35.3 Å². The summed E-state index contributed by atoms with van der Waals surface area (Å²) >= 11 is 4.73. The summed E-state index contributed by atoms with van der Waals surface area (Å²) in [4.78, 5) is 10.5. The Morgan fingerprint density at radius 2 is 2.19 bits per heavy atom. The number of nitrogens with zero attached hydrogens (tertiary/aromatic N) is 4. The Hall–Kier alpha value is -1.61. The smallest absolute Gasteiger partial charge is 0.283 e. The lowest BCUT2D eigenvalue weighted by Gasteiger charge is -2.11. The van der Waals surface area contributed by atoms with E-state index in [0.717, 1.165) is 5.56 Å². The molecule has 2 aromatic rings. The average molecular weight is 372 g/mol. The molecule has 0 radical (unpaired) electrons. The maximum Gasteiger partial charge on any atom is 0.283 e. The fourth-order valence-electron chi connectivity index (χ4n) is 1.83. The molecule has 112 valence electrons. The molecule has 0 bridgehead atoms. The van der Waals surface area contributed by atoms with E-state index in [0.29, 0.717) is 21.3 Å². The Bertz CT molecular complexity index is 674. The second-order valence-electron chi connectivity index (χ2n) is 4.60. The molecule has 0 aliphatic heterocycles. The van der Waals surface area contributed by atoms with Gasteiger partial charge in [0.25, 0.3) is 5.69 Å². The number of nitrogens with two attached hydrogens (primary N) is 1. The largest absolute Gasteiger partial charge is 0.368 e. The second-order valence-corrected chi connectivity index (χ2v) is 6.34. The van der Waals surface area contributed by atoms with Crippen LogP contribution in [0.15, 0.2) is 27.8 Å². The molecule has 0 saturated carbocycles. The molecular formula is C12H14BrN5O2S. The zero-order valence-electron chi connectivity index (χ0n) is 11.5. The lowest BCUT2D eigenvalue weighted by atomic mass is 10.2. The molecule has 1 aromatic heterocycles. The maximum absolute atomic E-state index is 10.9. The van der Waals surface area contributed by atoms with Gasteiger partial charge in [-0.2, -0.15) is 0 Å². The van der Waals surface area contributed by atoms with Crippen molar-refractivity contribution in [1.29, 1.82) is 0 Å². The quantitative estimate of drug-likeness (QED) is 0.491. The number of thioether (sulfide) groups is 1. The minimum atomic E-state index is -0.410. The molecule has 1 heterocycles. The van der Waals surface area contributed by atoms with Crippen molar-refractivity contribution in [2.24, 2.45) is 0 Å². The van der Waals surface area contributed by atoms with Gasteiger partial charge in [-0.25, -0.2) is 0 Å². The molecule has 0 atom stereocenters. The van der Waals surface area contributed by atoms with Gasteiger partial charge in [0.15, 0.2) is 5.16 Å². The Morgan fingerprint density at radius 3 is 2.81 bits per heavy atom. The topological polar surface area (TPSA) is 99.9 Å². The third kappa shape index (κ3) is 3.35. The molecule has 0 saturated heterocycles. The molecular weight excluding hydrogens is 358 g/mol. The number of anilines is 1. The fraction of sp³-hybridized carbons (Fsp3) is 0.333. The molecule has 9 heteroatoms. The number of hydrogen-bond donors (Lipinski definition) is 1. The highest BCUT2D eigenvalue weighted by atomic mass is 79.9. The van der Waals surface area contributed by atoms with Crippen LogP contribution in [0.1, 0.15) is 25.5 Å². The maximum atomic E-state index is 10.9. The summed E-state index contributed by atoms with van der Waals surface area (Å²) in [5.74, 6) is 0.901. The molecule has 0 spiro atoms. The lowest BCUT2D eigenvalue weighted by molar-refractivity contribution is -0.385. The van der Waals surface area contributed by atoms with E-state index < -0.39 is 4.92 Å². The van der Waals surface area contributed by atoms with E-state index in [1.165, 1.54) is 17.8 Å². The number of hydrogen-bond acceptors (Lipinski definition) is 6. The van der Waals surface area contributed by atoms with Crippen molar-refractivity contribution in [3.05, 3.63) is 38.3 Å². The van der Waals surface area contributed by atoms with Crippen LogP contribution in [0.25, 0.3) is 0 Å². The Balaban J connectivity index is 2.21. The summed E-state index contributed by atoms with van der Waals surface area (Å²) in [5.41, 5.74) is 6.66. The highest BCUT2D eigenvalue weighted by molar-refractivity contribution is 9.10. The van der Waals surface area contributed by atoms with E-state index in [1.54, 1.807) is 6.07 Å². The fourth-order valence-corrected chi connectivity index (χ4v) is 3.64. The first kappa shape index (κ1) is 15.8. The van der Waals surface area contributed by atoms with Crippen molar-refractivity contribution in [2.45, 2.75) is 30.8 Å². The van der Waals surface area contributed by atoms with Crippen LogP contribution in [0.3, 0.4) is 0 Å². The van der Waals surface area contributed by atoms with E-state index in [9.17, 15) is 10.1 Å². The molecule has 0 unspecified atom stereocenters. The lowest BCUT2D eigenvalue weighted by Crippen LogP contribution is -2.07. The van der Waals surface area contributed by atoms with Crippen LogP contribution in [0, 0.1) is 10.1 Å². The number of nitro benzene ring substituents is 1. The van der Waals surface area contributed by atoms with Crippen LogP contribution in [-0.4, -0.2) is 19.7 Å². The number of nitrogen functional groups attached to an aromatic ring is 1. The summed E-state index contributed by atoms with van der Waals surface area (Å²) in [5, 5.41) is 19.5. The van der Waals surface area contributed by atoms with Crippen LogP contribution in [-0.2, 0) is 5.75 Å². The zero-order chi connectivity index (χ0) is 15.6. The van der Waals surface area contributed by atoms with Crippen molar-refractivity contribution in [3.8, 4) is 0 Å². The summed E-state index contributed by atoms with van der Waals surface area (Å²) in [6.07, 6.45) is 0. The first-order chi connectivity index (χ1) is 9.91. The monoisotopic (exact) mass is 371 g/mol. The van der Waals surface area contributed by atoms with Crippen LogP contribution < -0.4 is 5.73 Å². The minimum absolute atomic E-state index is 0.0536. The Morgan fingerprint density at radius 1 is 1.48 bits per heavy atom. The van der Waals surface area contributed by atoms with Gasteiger partial charge >= 0.3 is 0 Å². The Labute approximate surface area is 134 Å². The van der Waals surface area contributed by atoms with Crippen LogP contribution >= 0.6 is 27.7 Å². The molecule has 0 aliphatic rings. The highest BCUT2D eigenvalue weighted by Crippen LogP contribution is 2.33. The molecule has 1 aromatic carbocycles. The number of aromatic nitrogens is 3. The van der Waals surface area contributed by atoms with Crippen molar-refractivity contribution < 1.29 is 4.92 Å². The average Bonchev–Trinajstić information content (AvgIpc) is 2.78. The van der Waals surface area contributed by atoms with E-state index in [-0.39, 0.29) is 11.7 Å². The van der Waals surface area contributed by atoms with Gasteiger partial charge < -0.3 is 5.73 Å². The van der Waals surface area contributed by atoms with Gasteiger partial charge in [-0.3, -0.25) is 14.7 Å². The predicted octanol–water partition coefficient (Wildman–Crippen LogP) is 3.40. The molecule has 0 fully saturated rings. The molecule has 21 heavy (non-hydrogen) atoms. The third-order valence-corrected chi connectivity index (χ3v) is 4.73. The van der Waals surface area contributed by atoms with Crippen molar-refractivity contribution in [3.63, 3.8) is 0 Å². The second kappa shape index (κ2) is 6.44. The third-order valence-electron chi connectivity index (χ3n) is 2.82. The normalized spacial score (nSPS) is 11.0. The van der Waals surface area contributed by atoms with Gasteiger partial charge in [-0.15, -0.1) is 10.2 Å². The highest BCUT2D eigenvalue weighted by Gasteiger charge is 2.17. The van der Waals surface area contributed by atoms with Crippen molar-refractivity contribution in [2.75, 3.05) is 5.73 Å². The van der Waals surface area contributed by atoms with Crippen LogP contribution in [0.5, 0.6) is 0 Å². The van der Waals surface area contributed by atoms with E-state index in [4.69, 9.17) is 5.73 Å². The molecule has 7 nitrogen and oxygen atoms in total. The van der Waals surface area contributed by atoms with Crippen molar-refractivity contribution in [1.82, 2.24) is 14.8 Å². The molecule has 2 rings (SSSR count). The summed E-state index contributed by atoms with van der Waals surface area (Å²) < 4.78 is 2.32. The number of benzene rings is 1. The van der Waals surface area contributed by atoms with Gasteiger partial charge in [0.1, 0.15) is 0 Å². The van der Waals surface area contributed by atoms with E-state index >= 15 is 0 Å². The van der Waals surface area contributed by atoms with Gasteiger partial charge in [0, 0.05) is 17.9 Å². The number of halogens is 1. The first-order valence-corrected chi connectivity index (χ1v) is 7.94. The predicted molar refractivity (Wildman–Crippen MR) is 85.2 cm³/mol. The van der Waals surface area contributed by atoms with Gasteiger partial charge in [0.05, 0.1) is 9.40 Å². The molecule has 0 amide bonds. The summed E-state index contributed by atoms with van der Waals surface area (Å²) in [7, 11) is 0. The summed E-state index contributed by atoms with van der Waals surface area (Å²) in [6, 6.07) is 5.12. The Kier molecular flexibility index (Phi) is 4.84. The summed E-state index contributed by atoms with van der Waals surface area (Å²) in [6.45, 7) is 3.99. The SMILES string of the molecule is CC(C)n1c(N)nnc1SCc1cccc([N+](=O)[O-])c1Br. The van der Waals surface area contributed by atoms with Gasteiger partial charge in [-0.1, -0.05) is 23.9 Å². The van der Waals surface area contributed by atoms with Crippen molar-refractivity contribution >= 4 is 39.3 Å². The molecule has 2 N–H and O–H groups in total.